The Morgan fingerprint density at radius 3 is 2.16 bits per heavy atom. The van der Waals surface area contributed by atoms with Gasteiger partial charge in [-0.05, 0) is 54.8 Å². The SMILES string of the molecule is O=C(Cn1nc(-c2ccc(Cl)cc2)n(C[C@H](O)C(F)(F)F)c1=O)NC(C(=O)NC1CC1)c1cccc(C(F)(F)F)c1.O=C(O)O. The summed E-state index contributed by atoms with van der Waals surface area (Å²) < 4.78 is 80.1. The van der Waals surface area contributed by atoms with Gasteiger partial charge in [0.25, 0.3) is 0 Å². The zero-order chi connectivity index (χ0) is 33.7. The van der Waals surface area contributed by atoms with Crippen LogP contribution >= 0.6 is 11.6 Å². The lowest BCUT2D eigenvalue weighted by molar-refractivity contribution is -0.207. The molecule has 19 heteroatoms. The minimum absolute atomic E-state index is 0.144. The number of benzene rings is 2. The van der Waals surface area contributed by atoms with Crippen LogP contribution in [0.1, 0.15) is 30.0 Å². The Bertz CT molecular complexity index is 1580. The molecule has 2 amide bonds. The number of carbonyl (C=O) groups excluding carboxylic acids is 2. The molecule has 1 aromatic heterocycles. The molecule has 0 aliphatic heterocycles. The zero-order valence-electron chi connectivity index (χ0n) is 22.6. The van der Waals surface area contributed by atoms with E-state index in [1.165, 1.54) is 30.3 Å². The molecule has 1 aliphatic carbocycles. The van der Waals surface area contributed by atoms with Gasteiger partial charge < -0.3 is 26.0 Å². The number of amides is 2. The molecule has 1 aliphatic rings. The number of nitrogens with one attached hydrogen (secondary N) is 2. The fourth-order valence-corrected chi connectivity index (χ4v) is 3.97. The summed E-state index contributed by atoms with van der Waals surface area (Å²) in [4.78, 5) is 47.4. The van der Waals surface area contributed by atoms with Gasteiger partial charge in [0.05, 0.1) is 12.1 Å². The van der Waals surface area contributed by atoms with Crippen LogP contribution in [0.2, 0.25) is 5.02 Å². The first-order chi connectivity index (χ1) is 20.9. The molecular formula is C26H24ClF6N5O7. The summed E-state index contributed by atoms with van der Waals surface area (Å²) in [6.07, 6.45) is -13.3. The third-order valence-electron chi connectivity index (χ3n) is 6.09. The molecule has 12 nitrogen and oxygen atoms in total. The molecule has 5 N–H and O–H groups in total. The number of aliphatic hydroxyl groups excluding tert-OH is 1. The molecule has 0 saturated heterocycles. The van der Waals surface area contributed by atoms with Gasteiger partial charge in [0.15, 0.2) is 11.9 Å². The molecule has 244 valence electrons. The first-order valence-corrected chi connectivity index (χ1v) is 13.1. The maximum absolute atomic E-state index is 13.3. The molecule has 2 atom stereocenters. The van der Waals surface area contributed by atoms with Crippen molar-refractivity contribution in [3.8, 4) is 11.4 Å². The van der Waals surface area contributed by atoms with E-state index in [-0.39, 0.29) is 28.0 Å². The summed E-state index contributed by atoms with van der Waals surface area (Å²) in [5.41, 5.74) is -2.28. The van der Waals surface area contributed by atoms with Crippen molar-refractivity contribution in [1.29, 1.82) is 0 Å². The molecule has 1 heterocycles. The van der Waals surface area contributed by atoms with E-state index in [2.05, 4.69) is 15.7 Å². The van der Waals surface area contributed by atoms with Crippen LogP contribution in [-0.4, -0.2) is 66.0 Å². The lowest BCUT2D eigenvalue weighted by Crippen LogP contribution is -2.43. The number of carboxylic acid groups (broad SMARTS) is 2. The summed E-state index contributed by atoms with van der Waals surface area (Å²) in [6.45, 7) is -2.14. The van der Waals surface area contributed by atoms with Gasteiger partial charge in [-0.25, -0.2) is 14.3 Å². The Hall–Kier alpha value is -4.58. The van der Waals surface area contributed by atoms with Gasteiger partial charge in [-0.15, -0.1) is 5.10 Å². The minimum Gasteiger partial charge on any atom is -0.450 e. The van der Waals surface area contributed by atoms with Crippen molar-refractivity contribution in [2.75, 3.05) is 0 Å². The van der Waals surface area contributed by atoms with Crippen molar-refractivity contribution in [2.45, 2.75) is 56.5 Å². The van der Waals surface area contributed by atoms with E-state index >= 15 is 0 Å². The van der Waals surface area contributed by atoms with E-state index in [9.17, 15) is 45.8 Å². The minimum atomic E-state index is -5.07. The van der Waals surface area contributed by atoms with Crippen molar-refractivity contribution < 1.29 is 56.0 Å². The average Bonchev–Trinajstić information content (AvgIpc) is 3.70. The van der Waals surface area contributed by atoms with E-state index in [0.29, 0.717) is 28.2 Å². The zero-order valence-corrected chi connectivity index (χ0v) is 23.4. The Morgan fingerprint density at radius 2 is 1.62 bits per heavy atom. The monoisotopic (exact) mass is 667 g/mol. The van der Waals surface area contributed by atoms with E-state index in [0.717, 1.165) is 12.1 Å². The number of halogens is 7. The fraction of sp³-hybridized carbons (Fsp3) is 0.346. The number of nitrogens with zero attached hydrogens (tertiary/aromatic N) is 3. The third-order valence-corrected chi connectivity index (χ3v) is 6.34. The standard InChI is InChI=1S/C25H22ClF6N5O4.CH2O3/c26-16-6-4-13(5-7-16)21-35-37(23(41)36(21)11-18(38)25(30,31)32)12-19(39)34-20(22(40)33-17-8-9-17)14-2-1-3-15(10-14)24(27,28)29;2-1(3)4/h1-7,10,17-18,20,38H,8-9,11-12H2,(H,33,40)(H,34,39);(H2,2,3,4)/t18-,20?;/m0./s1. The number of carbonyl (C=O) groups is 3. The summed E-state index contributed by atoms with van der Waals surface area (Å²) in [5, 5.41) is 32.6. The lowest BCUT2D eigenvalue weighted by Gasteiger charge is -2.20. The van der Waals surface area contributed by atoms with Crippen LogP contribution in [0.4, 0.5) is 31.1 Å². The van der Waals surface area contributed by atoms with E-state index in [4.69, 9.17) is 26.6 Å². The van der Waals surface area contributed by atoms with Crippen LogP contribution in [0.3, 0.4) is 0 Å². The summed E-state index contributed by atoms with van der Waals surface area (Å²) in [6, 6.07) is 7.48. The van der Waals surface area contributed by atoms with Crippen molar-refractivity contribution in [3.05, 3.63) is 75.2 Å². The van der Waals surface area contributed by atoms with E-state index in [1.807, 2.05) is 0 Å². The third kappa shape index (κ3) is 9.97. The van der Waals surface area contributed by atoms with Gasteiger partial charge >= 0.3 is 24.2 Å². The van der Waals surface area contributed by atoms with E-state index in [1.54, 1.807) is 0 Å². The summed E-state index contributed by atoms with van der Waals surface area (Å²) in [7, 11) is 0. The highest BCUT2D eigenvalue weighted by Gasteiger charge is 2.39. The first-order valence-electron chi connectivity index (χ1n) is 12.7. The lowest BCUT2D eigenvalue weighted by atomic mass is 10.0. The second kappa shape index (κ2) is 14.0. The largest absolute Gasteiger partial charge is 0.503 e. The predicted octanol–water partition coefficient (Wildman–Crippen LogP) is 3.67. The highest BCUT2D eigenvalue weighted by Crippen LogP contribution is 2.31. The molecule has 2 aromatic carbocycles. The van der Waals surface area contributed by atoms with E-state index < -0.39 is 66.8 Å². The average molecular weight is 668 g/mol. The quantitative estimate of drug-likeness (QED) is 0.215. The van der Waals surface area contributed by atoms with Crippen LogP contribution < -0.4 is 16.3 Å². The Balaban J connectivity index is 0.00000130. The molecule has 3 aromatic rings. The molecule has 0 bridgehead atoms. The van der Waals surface area contributed by atoms with Crippen molar-refractivity contribution in [2.24, 2.45) is 0 Å². The van der Waals surface area contributed by atoms with Crippen molar-refractivity contribution in [3.63, 3.8) is 0 Å². The molecule has 1 saturated carbocycles. The summed E-state index contributed by atoms with van der Waals surface area (Å²) in [5.74, 6) is -2.14. The molecule has 1 fully saturated rings. The highest BCUT2D eigenvalue weighted by molar-refractivity contribution is 6.30. The van der Waals surface area contributed by atoms with Crippen LogP contribution in [0.25, 0.3) is 11.4 Å². The first kappa shape index (κ1) is 34.9. The number of alkyl halides is 6. The molecule has 45 heavy (non-hydrogen) atoms. The summed E-state index contributed by atoms with van der Waals surface area (Å²) >= 11 is 5.85. The molecule has 1 unspecified atom stereocenters. The second-order valence-corrected chi connectivity index (χ2v) is 10.1. The van der Waals surface area contributed by atoms with Gasteiger partial charge in [0.1, 0.15) is 12.6 Å². The Kier molecular flexibility index (Phi) is 10.9. The smallest absolute Gasteiger partial charge is 0.450 e. The van der Waals surface area contributed by atoms with Gasteiger partial charge in [0, 0.05) is 16.6 Å². The maximum atomic E-state index is 13.3. The van der Waals surface area contributed by atoms with Crippen molar-refractivity contribution >= 4 is 29.6 Å². The van der Waals surface area contributed by atoms with Crippen LogP contribution in [0.5, 0.6) is 0 Å². The van der Waals surface area contributed by atoms with Crippen LogP contribution in [0.15, 0.2) is 53.3 Å². The number of rotatable bonds is 9. The second-order valence-electron chi connectivity index (χ2n) is 9.63. The highest BCUT2D eigenvalue weighted by atomic mass is 35.5. The number of aliphatic hydroxyl groups is 1. The van der Waals surface area contributed by atoms with Gasteiger partial charge in [0.2, 0.25) is 11.8 Å². The normalized spacial score (nSPS) is 14.5. The number of aromatic nitrogens is 3. The van der Waals surface area contributed by atoms with Gasteiger partial charge in [-0.2, -0.15) is 26.3 Å². The molecule has 0 radical (unpaired) electrons. The van der Waals surface area contributed by atoms with Crippen molar-refractivity contribution in [1.82, 2.24) is 25.0 Å². The van der Waals surface area contributed by atoms with Crippen LogP contribution in [0, 0.1) is 0 Å². The van der Waals surface area contributed by atoms with Gasteiger partial charge in [-0.1, -0.05) is 23.7 Å². The topological polar surface area (TPSA) is 176 Å². The van der Waals surface area contributed by atoms with Crippen LogP contribution in [-0.2, 0) is 28.9 Å². The molecular weight excluding hydrogens is 644 g/mol. The van der Waals surface area contributed by atoms with Gasteiger partial charge in [-0.3, -0.25) is 14.2 Å². The molecule has 0 spiro atoms. The number of hydrogen-bond acceptors (Lipinski definition) is 6. The maximum Gasteiger partial charge on any atom is 0.503 e. The number of hydrogen-bond donors (Lipinski definition) is 5. The predicted molar refractivity (Wildman–Crippen MR) is 143 cm³/mol. The fourth-order valence-electron chi connectivity index (χ4n) is 3.85. The Labute approximate surface area is 253 Å². The molecule has 4 rings (SSSR count). The Morgan fingerprint density at radius 1 is 1.02 bits per heavy atom.